The Bertz CT molecular complexity index is 835. The summed E-state index contributed by atoms with van der Waals surface area (Å²) < 4.78 is 11.8. The quantitative estimate of drug-likeness (QED) is 0.308. The molecule has 2 bridgehead atoms. The van der Waals surface area contributed by atoms with E-state index in [1.165, 1.54) is 56.1 Å². The van der Waals surface area contributed by atoms with Gasteiger partial charge in [0, 0.05) is 0 Å². The Morgan fingerprint density at radius 3 is 2.74 bits per heavy atom. The second-order valence-corrected chi connectivity index (χ2v) is 11.8. The van der Waals surface area contributed by atoms with Crippen molar-refractivity contribution in [3.8, 4) is 5.75 Å². The van der Waals surface area contributed by atoms with Crippen LogP contribution in [0.3, 0.4) is 0 Å². The summed E-state index contributed by atoms with van der Waals surface area (Å²) in [5, 5.41) is 10.4. The molecule has 1 N–H and O–H groups in total. The largest absolute Gasteiger partial charge is 0.482 e. The van der Waals surface area contributed by atoms with Crippen LogP contribution in [0.5, 0.6) is 5.75 Å². The zero-order chi connectivity index (χ0) is 23.5. The number of hydrogen-bond acceptors (Lipinski definition) is 4. The van der Waals surface area contributed by atoms with Crippen LogP contribution in [-0.4, -0.2) is 29.9 Å². The van der Waals surface area contributed by atoms with E-state index in [9.17, 15) is 9.90 Å². The van der Waals surface area contributed by atoms with E-state index < -0.39 is 0 Å². The topological polar surface area (TPSA) is 55.8 Å². The SMILES string of the molecule is CCCCCC(O)CCC1CCC2Cc3c(cccc3OCC(=O)OC3CC4CCC3C4)CC12. The lowest BCUT2D eigenvalue weighted by molar-refractivity contribution is -0.153. The zero-order valence-electron chi connectivity index (χ0n) is 21.1. The number of aliphatic hydroxyl groups excluding tert-OH is 1. The smallest absolute Gasteiger partial charge is 0.344 e. The number of ether oxygens (including phenoxy) is 2. The van der Waals surface area contributed by atoms with Crippen LogP contribution in [-0.2, 0) is 22.4 Å². The average Bonchev–Trinajstić information content (AvgIpc) is 3.56. The minimum absolute atomic E-state index is 0.0248. The standard InChI is InChI=1S/C30H44O4/c1-2-3-4-7-25(31)14-13-21-11-12-23-18-27-22(17-26(21)23)6-5-8-28(27)33-19-30(32)34-29-16-20-9-10-24(29)15-20/h5-6,8,20-21,23-26,29,31H,2-4,7,9-19H2,1H3. The average molecular weight is 469 g/mol. The van der Waals surface area contributed by atoms with Gasteiger partial charge in [-0.3, -0.25) is 0 Å². The van der Waals surface area contributed by atoms with Gasteiger partial charge in [0.15, 0.2) is 6.61 Å². The summed E-state index contributed by atoms with van der Waals surface area (Å²) in [5.41, 5.74) is 2.72. The van der Waals surface area contributed by atoms with E-state index in [1.807, 2.05) is 6.07 Å². The first-order valence-corrected chi connectivity index (χ1v) is 14.2. The summed E-state index contributed by atoms with van der Waals surface area (Å²) in [6, 6.07) is 6.36. The van der Waals surface area contributed by atoms with Crippen molar-refractivity contribution < 1.29 is 19.4 Å². The molecule has 0 aliphatic heterocycles. The van der Waals surface area contributed by atoms with Crippen LogP contribution in [0.25, 0.3) is 0 Å². The minimum atomic E-state index is -0.206. The minimum Gasteiger partial charge on any atom is -0.482 e. The number of aliphatic hydroxyl groups is 1. The monoisotopic (exact) mass is 468 g/mol. The molecule has 34 heavy (non-hydrogen) atoms. The molecule has 4 nitrogen and oxygen atoms in total. The van der Waals surface area contributed by atoms with Crippen LogP contribution in [0.1, 0.15) is 95.1 Å². The second-order valence-electron chi connectivity index (χ2n) is 11.8. The van der Waals surface area contributed by atoms with Gasteiger partial charge in [0.1, 0.15) is 11.9 Å². The fourth-order valence-corrected chi connectivity index (χ4v) is 7.72. The van der Waals surface area contributed by atoms with Crippen molar-refractivity contribution in [1.82, 2.24) is 0 Å². The molecule has 4 aliphatic rings. The summed E-state index contributed by atoms with van der Waals surface area (Å²) in [6.07, 6.45) is 16.2. The molecule has 3 fully saturated rings. The number of unbranched alkanes of at least 4 members (excludes halogenated alkanes) is 2. The van der Waals surface area contributed by atoms with E-state index >= 15 is 0 Å². The van der Waals surface area contributed by atoms with E-state index in [0.29, 0.717) is 11.8 Å². The summed E-state index contributed by atoms with van der Waals surface area (Å²) in [6.45, 7) is 2.24. The second kappa shape index (κ2) is 11.0. The number of fused-ring (bicyclic) bond motifs is 4. The van der Waals surface area contributed by atoms with E-state index in [4.69, 9.17) is 9.47 Å². The van der Waals surface area contributed by atoms with Gasteiger partial charge in [-0.05, 0) is 117 Å². The van der Waals surface area contributed by atoms with Crippen molar-refractivity contribution in [2.75, 3.05) is 6.61 Å². The number of benzene rings is 1. The van der Waals surface area contributed by atoms with Crippen molar-refractivity contribution in [2.24, 2.45) is 29.6 Å². The van der Waals surface area contributed by atoms with Gasteiger partial charge in [0.05, 0.1) is 6.10 Å². The molecular formula is C30H44O4. The van der Waals surface area contributed by atoms with Gasteiger partial charge in [-0.2, -0.15) is 0 Å². The predicted molar refractivity (Wildman–Crippen MR) is 134 cm³/mol. The van der Waals surface area contributed by atoms with Crippen LogP contribution in [0, 0.1) is 29.6 Å². The van der Waals surface area contributed by atoms with E-state index in [0.717, 1.165) is 68.4 Å². The van der Waals surface area contributed by atoms with Crippen LogP contribution in [0.15, 0.2) is 18.2 Å². The zero-order valence-corrected chi connectivity index (χ0v) is 21.1. The molecule has 4 aliphatic carbocycles. The molecule has 0 amide bonds. The molecule has 0 saturated heterocycles. The summed E-state index contributed by atoms with van der Waals surface area (Å²) in [5.74, 6) is 4.22. The predicted octanol–water partition coefficient (Wildman–Crippen LogP) is 6.26. The molecule has 4 heteroatoms. The van der Waals surface area contributed by atoms with Crippen molar-refractivity contribution in [3.05, 3.63) is 29.3 Å². The molecule has 0 heterocycles. The van der Waals surface area contributed by atoms with E-state index in [1.54, 1.807) is 0 Å². The third-order valence-electron chi connectivity index (χ3n) is 9.58. The van der Waals surface area contributed by atoms with Gasteiger partial charge in [0.2, 0.25) is 0 Å². The molecule has 0 spiro atoms. The third kappa shape index (κ3) is 5.48. The summed E-state index contributed by atoms with van der Waals surface area (Å²) >= 11 is 0. The molecule has 7 atom stereocenters. The van der Waals surface area contributed by atoms with Crippen molar-refractivity contribution >= 4 is 5.97 Å². The van der Waals surface area contributed by atoms with Gasteiger partial charge in [0.25, 0.3) is 0 Å². The molecule has 1 aromatic carbocycles. The molecule has 0 radical (unpaired) electrons. The van der Waals surface area contributed by atoms with Crippen molar-refractivity contribution in [2.45, 2.75) is 109 Å². The number of rotatable bonds is 11. The normalized spacial score (nSPS) is 32.3. The van der Waals surface area contributed by atoms with Crippen LogP contribution >= 0.6 is 0 Å². The third-order valence-corrected chi connectivity index (χ3v) is 9.58. The Hall–Kier alpha value is -1.55. The Morgan fingerprint density at radius 2 is 1.94 bits per heavy atom. The maximum atomic E-state index is 12.5. The van der Waals surface area contributed by atoms with Crippen LogP contribution in [0.2, 0.25) is 0 Å². The highest BCUT2D eigenvalue weighted by atomic mass is 16.6. The molecule has 5 rings (SSSR count). The maximum absolute atomic E-state index is 12.5. The van der Waals surface area contributed by atoms with Gasteiger partial charge in [-0.1, -0.05) is 38.3 Å². The number of carbonyl (C=O) groups excluding carboxylic acids is 1. The lowest BCUT2D eigenvalue weighted by Gasteiger charge is -2.32. The van der Waals surface area contributed by atoms with Crippen molar-refractivity contribution in [1.29, 1.82) is 0 Å². The summed E-state index contributed by atoms with van der Waals surface area (Å²) in [7, 11) is 0. The first kappa shape index (κ1) is 24.2. The van der Waals surface area contributed by atoms with E-state index in [2.05, 4.69) is 19.1 Å². The molecule has 7 unspecified atom stereocenters. The lowest BCUT2D eigenvalue weighted by Crippen LogP contribution is -2.28. The molecule has 1 aromatic rings. The lowest BCUT2D eigenvalue weighted by atomic mass is 9.73. The fourth-order valence-electron chi connectivity index (χ4n) is 7.72. The number of esters is 1. The van der Waals surface area contributed by atoms with E-state index in [-0.39, 0.29) is 24.8 Å². The first-order chi connectivity index (χ1) is 16.6. The Labute approximate surface area is 205 Å². The van der Waals surface area contributed by atoms with Crippen LogP contribution in [0.4, 0.5) is 0 Å². The molecule has 0 aromatic heterocycles. The van der Waals surface area contributed by atoms with Gasteiger partial charge < -0.3 is 14.6 Å². The highest BCUT2D eigenvalue weighted by Gasteiger charge is 2.42. The highest BCUT2D eigenvalue weighted by molar-refractivity contribution is 5.71. The number of carbonyl (C=O) groups is 1. The van der Waals surface area contributed by atoms with Crippen molar-refractivity contribution in [3.63, 3.8) is 0 Å². The van der Waals surface area contributed by atoms with Gasteiger partial charge >= 0.3 is 5.97 Å². The Morgan fingerprint density at radius 1 is 1.06 bits per heavy atom. The Balaban J connectivity index is 1.12. The fraction of sp³-hybridized carbons (Fsp3) is 0.767. The summed E-state index contributed by atoms with van der Waals surface area (Å²) in [4.78, 5) is 12.5. The molecule has 3 saturated carbocycles. The Kier molecular flexibility index (Phi) is 7.83. The van der Waals surface area contributed by atoms with Gasteiger partial charge in [-0.15, -0.1) is 0 Å². The molecular weight excluding hydrogens is 424 g/mol. The van der Waals surface area contributed by atoms with Gasteiger partial charge in [-0.25, -0.2) is 4.79 Å². The molecule has 188 valence electrons. The first-order valence-electron chi connectivity index (χ1n) is 14.2. The number of hydrogen-bond donors (Lipinski definition) is 1. The highest BCUT2D eigenvalue weighted by Crippen LogP contribution is 2.48. The van der Waals surface area contributed by atoms with Crippen LogP contribution < -0.4 is 4.74 Å². The maximum Gasteiger partial charge on any atom is 0.344 e.